The van der Waals surface area contributed by atoms with Crippen LogP contribution in [0.3, 0.4) is 0 Å². The fourth-order valence-corrected chi connectivity index (χ4v) is 1.65. The van der Waals surface area contributed by atoms with Gasteiger partial charge in [0.1, 0.15) is 5.75 Å². The van der Waals surface area contributed by atoms with Crippen LogP contribution in [0.15, 0.2) is 12.6 Å². The van der Waals surface area contributed by atoms with Gasteiger partial charge in [-0.25, -0.2) is 0 Å². The van der Waals surface area contributed by atoms with Crippen LogP contribution in [0.5, 0.6) is 5.75 Å². The van der Waals surface area contributed by atoms with E-state index in [1.807, 2.05) is 6.92 Å². The van der Waals surface area contributed by atoms with Crippen molar-refractivity contribution in [1.29, 1.82) is 0 Å². The fraction of sp³-hybridized carbons (Fsp3) is 0.273. The Hall–Kier alpha value is -1.02. The topological polar surface area (TPSA) is 9.23 Å². The first-order valence-electron chi connectivity index (χ1n) is 4.18. The Morgan fingerprint density at radius 3 is 2.38 bits per heavy atom. The second-order valence-electron chi connectivity index (χ2n) is 3.17. The Bertz CT molecular complexity index is 342. The van der Waals surface area contributed by atoms with Crippen molar-refractivity contribution in [1.82, 2.24) is 0 Å². The molecule has 0 saturated heterocycles. The van der Waals surface area contributed by atoms with E-state index in [0.29, 0.717) is 0 Å². The largest absolute Gasteiger partial charge is 0.540 e. The van der Waals surface area contributed by atoms with Gasteiger partial charge in [-0.05, 0) is 43.5 Å². The van der Waals surface area contributed by atoms with Gasteiger partial charge in [0.05, 0.1) is 0 Å². The lowest BCUT2D eigenvalue weighted by molar-refractivity contribution is 0.607. The van der Waals surface area contributed by atoms with E-state index in [1.165, 1.54) is 11.1 Å². The Balaban J connectivity index is 3.47. The molecule has 0 unspecified atom stereocenters. The number of aryl methyl sites for hydroxylation is 1. The first-order valence-corrected chi connectivity index (χ1v) is 4.59. The monoisotopic (exact) mass is 189 g/mol. The van der Waals surface area contributed by atoms with Crippen molar-refractivity contribution in [3.63, 3.8) is 0 Å². The van der Waals surface area contributed by atoms with E-state index in [1.54, 1.807) is 6.08 Å². The minimum atomic E-state index is 0.856. The molecule has 1 nitrogen and oxygen atoms in total. The van der Waals surface area contributed by atoms with Gasteiger partial charge in [-0.1, -0.05) is 12.7 Å². The molecule has 0 aliphatic rings. The lowest BCUT2D eigenvalue weighted by Crippen LogP contribution is -1.96. The van der Waals surface area contributed by atoms with Crippen LogP contribution >= 0.6 is 0 Å². The summed E-state index contributed by atoms with van der Waals surface area (Å²) in [6, 6.07) is 2.07. The van der Waals surface area contributed by atoms with Crippen molar-refractivity contribution in [3.8, 4) is 5.75 Å². The van der Waals surface area contributed by atoms with Gasteiger partial charge in [-0.15, -0.1) is 0 Å². The quantitative estimate of drug-likeness (QED) is 0.650. The van der Waals surface area contributed by atoms with E-state index in [-0.39, 0.29) is 0 Å². The van der Waals surface area contributed by atoms with E-state index in [2.05, 4.69) is 37.0 Å². The van der Waals surface area contributed by atoms with Crippen LogP contribution in [-0.4, -0.2) is 10.5 Å². The van der Waals surface area contributed by atoms with Crippen molar-refractivity contribution in [3.05, 3.63) is 34.9 Å². The average Bonchev–Trinajstić information content (AvgIpc) is 2.13. The maximum Gasteiger partial charge on any atom is 0.341 e. The van der Waals surface area contributed by atoms with Gasteiger partial charge in [0, 0.05) is 5.56 Å². The summed E-state index contributed by atoms with van der Waals surface area (Å²) in [5, 5.41) is 0. The molecule has 0 amide bonds. The van der Waals surface area contributed by atoms with Crippen molar-refractivity contribution in [2.75, 3.05) is 0 Å². The molecule has 2 heteroatoms. The summed E-state index contributed by atoms with van der Waals surface area (Å²) in [5.74, 6) is 0.856. The van der Waals surface area contributed by atoms with Crippen LogP contribution in [0.1, 0.15) is 22.3 Å². The predicted octanol–water partition coefficient (Wildman–Crippen LogP) is 2.72. The summed E-state index contributed by atoms with van der Waals surface area (Å²) >= 11 is 0. The van der Waals surface area contributed by atoms with Crippen LogP contribution in [0, 0.1) is 20.8 Å². The minimum Gasteiger partial charge on any atom is -0.540 e. The van der Waals surface area contributed by atoms with Gasteiger partial charge in [-0.3, -0.25) is 0 Å². The number of hydrogen-bond donors (Lipinski definition) is 0. The van der Waals surface area contributed by atoms with E-state index in [0.717, 1.165) is 16.9 Å². The van der Waals surface area contributed by atoms with Gasteiger partial charge in [0.2, 0.25) is 0 Å². The zero-order valence-electron chi connectivity index (χ0n) is 8.27. The molecule has 13 heavy (non-hydrogen) atoms. The van der Waals surface area contributed by atoms with Gasteiger partial charge in [0.15, 0.2) is 0 Å². The molecular formula is C11H13OSi. The Morgan fingerprint density at radius 2 is 1.92 bits per heavy atom. The molecule has 0 aliphatic carbocycles. The highest BCUT2D eigenvalue weighted by atomic mass is 28.2. The number of hydrogen-bond acceptors (Lipinski definition) is 1. The van der Waals surface area contributed by atoms with Crippen molar-refractivity contribution < 1.29 is 4.43 Å². The molecule has 1 aromatic carbocycles. The van der Waals surface area contributed by atoms with E-state index in [4.69, 9.17) is 4.43 Å². The second kappa shape index (κ2) is 3.79. The van der Waals surface area contributed by atoms with Crippen LogP contribution in [0.4, 0.5) is 0 Å². The molecule has 0 aliphatic heterocycles. The standard InChI is InChI=1S/C11H13OSi/c1-5-10-6-7(2)8(3)9(4)11(10)12-13/h5-6H,1H2,2-4H3. The number of rotatable bonds is 2. The molecule has 0 bridgehead atoms. The van der Waals surface area contributed by atoms with Crippen LogP contribution < -0.4 is 4.43 Å². The highest BCUT2D eigenvalue weighted by molar-refractivity contribution is 6.00. The summed E-state index contributed by atoms with van der Waals surface area (Å²) in [5.41, 5.74) is 4.71. The normalized spacial score (nSPS) is 9.85. The Morgan fingerprint density at radius 1 is 1.31 bits per heavy atom. The van der Waals surface area contributed by atoms with E-state index in [9.17, 15) is 0 Å². The number of benzene rings is 1. The second-order valence-corrected chi connectivity index (χ2v) is 3.37. The molecule has 0 aromatic heterocycles. The van der Waals surface area contributed by atoms with E-state index < -0.39 is 0 Å². The van der Waals surface area contributed by atoms with Gasteiger partial charge >= 0.3 is 10.5 Å². The van der Waals surface area contributed by atoms with E-state index >= 15 is 0 Å². The SMILES string of the molecule is C=Cc1cc(C)c(C)c(C)c1O[Si]. The third-order valence-corrected chi connectivity index (χ3v) is 2.65. The molecule has 0 atom stereocenters. The smallest absolute Gasteiger partial charge is 0.341 e. The van der Waals surface area contributed by atoms with Crippen molar-refractivity contribution >= 4 is 16.6 Å². The van der Waals surface area contributed by atoms with Gasteiger partial charge in [-0.2, -0.15) is 0 Å². The summed E-state index contributed by atoms with van der Waals surface area (Å²) in [7, 11) is 3.06. The fourth-order valence-electron chi connectivity index (χ4n) is 1.38. The summed E-state index contributed by atoms with van der Waals surface area (Å²) in [6.07, 6.45) is 1.80. The zero-order chi connectivity index (χ0) is 10.0. The molecule has 0 heterocycles. The van der Waals surface area contributed by atoms with Crippen LogP contribution in [0.25, 0.3) is 6.08 Å². The Kier molecular flexibility index (Phi) is 2.93. The van der Waals surface area contributed by atoms with Gasteiger partial charge in [0.25, 0.3) is 0 Å². The van der Waals surface area contributed by atoms with Crippen molar-refractivity contribution in [2.45, 2.75) is 20.8 Å². The molecule has 0 N–H and O–H groups in total. The molecular weight excluding hydrogens is 176 g/mol. The lowest BCUT2D eigenvalue weighted by Gasteiger charge is -2.13. The van der Waals surface area contributed by atoms with Crippen LogP contribution in [-0.2, 0) is 0 Å². The predicted molar refractivity (Wildman–Crippen MR) is 57.1 cm³/mol. The summed E-state index contributed by atoms with van der Waals surface area (Å²) in [4.78, 5) is 0. The lowest BCUT2D eigenvalue weighted by atomic mass is 9.99. The molecule has 67 valence electrons. The summed E-state index contributed by atoms with van der Waals surface area (Å²) in [6.45, 7) is 9.98. The molecule has 3 radical (unpaired) electrons. The minimum absolute atomic E-state index is 0.856. The zero-order valence-corrected chi connectivity index (χ0v) is 9.27. The van der Waals surface area contributed by atoms with Crippen LogP contribution in [0.2, 0.25) is 0 Å². The average molecular weight is 189 g/mol. The molecule has 1 aromatic rings. The highest BCUT2D eigenvalue weighted by Crippen LogP contribution is 2.29. The third-order valence-electron chi connectivity index (χ3n) is 2.45. The Labute approximate surface area is 83.0 Å². The first kappa shape index (κ1) is 10.1. The highest BCUT2D eigenvalue weighted by Gasteiger charge is 2.07. The van der Waals surface area contributed by atoms with Crippen molar-refractivity contribution in [2.24, 2.45) is 0 Å². The molecule has 1 rings (SSSR count). The third kappa shape index (κ3) is 1.68. The molecule has 0 saturated carbocycles. The maximum absolute atomic E-state index is 5.14. The first-order chi connectivity index (χ1) is 6.11. The maximum atomic E-state index is 5.14. The molecule has 0 spiro atoms. The van der Waals surface area contributed by atoms with Gasteiger partial charge < -0.3 is 4.43 Å². The molecule has 0 fully saturated rings. The summed E-state index contributed by atoms with van der Waals surface area (Å²) < 4.78 is 5.14.